The molecule has 1 fully saturated rings. The van der Waals surface area contributed by atoms with Gasteiger partial charge >= 0.3 is 5.97 Å². The summed E-state index contributed by atoms with van der Waals surface area (Å²) in [6, 6.07) is 19.1. The van der Waals surface area contributed by atoms with Gasteiger partial charge in [0.1, 0.15) is 6.10 Å². The third-order valence-corrected chi connectivity index (χ3v) is 3.55. The highest BCUT2D eigenvalue weighted by atomic mass is 16.6. The summed E-state index contributed by atoms with van der Waals surface area (Å²) in [5.41, 5.74) is 1.89. The number of ether oxygens (including phenoxy) is 1. The highest BCUT2D eigenvalue weighted by Gasteiger charge is 2.44. The van der Waals surface area contributed by atoms with Gasteiger partial charge in [-0.15, -0.1) is 0 Å². The van der Waals surface area contributed by atoms with Crippen molar-refractivity contribution in [2.45, 2.75) is 18.4 Å². The van der Waals surface area contributed by atoms with Crippen molar-refractivity contribution < 1.29 is 14.3 Å². The Labute approximate surface area is 117 Å². The molecule has 0 bridgehead atoms. The van der Waals surface area contributed by atoms with Crippen molar-refractivity contribution >= 4 is 11.8 Å². The monoisotopic (exact) mass is 266 g/mol. The molecule has 2 aromatic carbocycles. The van der Waals surface area contributed by atoms with Gasteiger partial charge in [0.15, 0.2) is 0 Å². The van der Waals surface area contributed by atoms with Gasteiger partial charge in [0.25, 0.3) is 5.78 Å². The van der Waals surface area contributed by atoms with Crippen LogP contribution >= 0.6 is 0 Å². The van der Waals surface area contributed by atoms with Crippen LogP contribution in [-0.4, -0.2) is 17.9 Å². The first-order valence-electron chi connectivity index (χ1n) is 6.59. The van der Waals surface area contributed by atoms with Crippen LogP contribution in [0.1, 0.15) is 17.0 Å². The summed E-state index contributed by atoms with van der Waals surface area (Å²) in [5.74, 6) is -1.67. The zero-order valence-corrected chi connectivity index (χ0v) is 10.9. The first kappa shape index (κ1) is 12.6. The number of carbonyl (C=O) groups excluding carboxylic acids is 2. The summed E-state index contributed by atoms with van der Waals surface area (Å²) in [5, 5.41) is 0. The zero-order valence-electron chi connectivity index (χ0n) is 10.9. The van der Waals surface area contributed by atoms with Crippen molar-refractivity contribution in [2.24, 2.45) is 0 Å². The predicted octanol–water partition coefficient (Wildman–Crippen LogP) is 2.51. The molecule has 0 radical (unpaired) electrons. The molecule has 1 heterocycles. The van der Waals surface area contributed by atoms with Gasteiger partial charge in [-0.1, -0.05) is 60.7 Å². The van der Waals surface area contributed by atoms with Crippen molar-refractivity contribution in [3.05, 3.63) is 71.8 Å². The molecule has 2 atom stereocenters. The van der Waals surface area contributed by atoms with E-state index < -0.39 is 23.8 Å². The molecule has 100 valence electrons. The lowest BCUT2D eigenvalue weighted by atomic mass is 9.88. The summed E-state index contributed by atoms with van der Waals surface area (Å²) in [7, 11) is 0. The van der Waals surface area contributed by atoms with Crippen LogP contribution in [-0.2, 0) is 20.7 Å². The number of carbonyl (C=O) groups is 2. The lowest BCUT2D eigenvalue weighted by Gasteiger charge is -2.16. The van der Waals surface area contributed by atoms with E-state index in [0.29, 0.717) is 6.42 Å². The molecular formula is C17H14O3. The summed E-state index contributed by atoms with van der Waals surface area (Å²) < 4.78 is 5.26. The zero-order chi connectivity index (χ0) is 13.9. The lowest BCUT2D eigenvalue weighted by molar-refractivity contribution is -0.148. The van der Waals surface area contributed by atoms with E-state index in [2.05, 4.69) is 0 Å². The Morgan fingerprint density at radius 2 is 1.45 bits per heavy atom. The smallest absolute Gasteiger partial charge is 0.375 e. The molecule has 0 aliphatic carbocycles. The molecule has 1 saturated heterocycles. The van der Waals surface area contributed by atoms with Crippen LogP contribution in [0, 0.1) is 0 Å². The third kappa shape index (κ3) is 2.35. The quantitative estimate of drug-likeness (QED) is 0.633. The molecule has 3 rings (SSSR count). The van der Waals surface area contributed by atoms with Crippen LogP contribution in [0.15, 0.2) is 60.7 Å². The number of esters is 1. The van der Waals surface area contributed by atoms with E-state index in [0.717, 1.165) is 11.1 Å². The van der Waals surface area contributed by atoms with Gasteiger partial charge in [0.05, 0.1) is 5.92 Å². The largest absolute Gasteiger partial charge is 0.455 e. The van der Waals surface area contributed by atoms with Gasteiger partial charge in [-0.25, -0.2) is 4.79 Å². The maximum absolute atomic E-state index is 12.0. The Hall–Kier alpha value is -2.42. The molecule has 0 amide bonds. The summed E-state index contributed by atoms with van der Waals surface area (Å²) in [6.07, 6.45) is 0.137. The molecular weight excluding hydrogens is 252 g/mol. The first-order chi connectivity index (χ1) is 9.75. The molecule has 3 heteroatoms. The summed E-state index contributed by atoms with van der Waals surface area (Å²) in [6.45, 7) is 0. The Kier molecular flexibility index (Phi) is 3.33. The normalized spacial score (nSPS) is 21.8. The molecule has 20 heavy (non-hydrogen) atoms. The number of benzene rings is 2. The van der Waals surface area contributed by atoms with E-state index in [1.807, 2.05) is 60.7 Å². The molecule has 0 unspecified atom stereocenters. The fourth-order valence-electron chi connectivity index (χ4n) is 2.59. The number of rotatable bonds is 3. The van der Waals surface area contributed by atoms with E-state index in [1.54, 1.807) is 0 Å². The molecule has 0 saturated carbocycles. The number of Topliss-reactive ketones (excluding diaryl/α,β-unsaturated/α-hetero) is 1. The molecule has 3 nitrogen and oxygen atoms in total. The number of cyclic esters (lactones) is 1. The van der Waals surface area contributed by atoms with Gasteiger partial charge < -0.3 is 4.74 Å². The number of ketones is 1. The van der Waals surface area contributed by atoms with Gasteiger partial charge in [-0.2, -0.15) is 0 Å². The van der Waals surface area contributed by atoms with Crippen LogP contribution in [0.25, 0.3) is 0 Å². The second-order valence-electron chi connectivity index (χ2n) is 4.89. The second kappa shape index (κ2) is 5.29. The Morgan fingerprint density at radius 1 is 0.850 bits per heavy atom. The van der Waals surface area contributed by atoms with E-state index in [9.17, 15) is 9.59 Å². The minimum absolute atomic E-state index is 0.417. The standard InChI is InChI=1S/C17H14O3/c18-16-15(13-9-5-2-6-10-13)14(20-17(16)19)11-12-7-3-1-4-8-12/h1-10,14-15H,11H2/t14-,15+/m1/s1. The second-order valence-corrected chi connectivity index (χ2v) is 4.89. The average molecular weight is 266 g/mol. The minimum atomic E-state index is -0.722. The van der Waals surface area contributed by atoms with E-state index in [1.165, 1.54) is 0 Å². The number of hydrogen-bond acceptors (Lipinski definition) is 3. The maximum Gasteiger partial charge on any atom is 0.375 e. The van der Waals surface area contributed by atoms with Crippen molar-refractivity contribution in [1.29, 1.82) is 0 Å². The van der Waals surface area contributed by atoms with Crippen LogP contribution in [0.2, 0.25) is 0 Å². The maximum atomic E-state index is 12.0. The Bertz CT molecular complexity index is 619. The van der Waals surface area contributed by atoms with Crippen LogP contribution in [0.3, 0.4) is 0 Å². The van der Waals surface area contributed by atoms with Gasteiger partial charge in [-0.3, -0.25) is 4.79 Å². The highest BCUT2D eigenvalue weighted by Crippen LogP contribution is 2.31. The van der Waals surface area contributed by atoms with Crippen LogP contribution < -0.4 is 0 Å². The summed E-state index contributed by atoms with van der Waals surface area (Å²) in [4.78, 5) is 23.6. The van der Waals surface area contributed by atoms with Crippen molar-refractivity contribution in [2.75, 3.05) is 0 Å². The molecule has 1 aliphatic rings. The Balaban J connectivity index is 1.89. The highest BCUT2D eigenvalue weighted by molar-refractivity contribution is 6.37. The fourth-order valence-corrected chi connectivity index (χ4v) is 2.59. The van der Waals surface area contributed by atoms with Crippen LogP contribution in [0.4, 0.5) is 0 Å². The Morgan fingerprint density at radius 3 is 2.10 bits per heavy atom. The third-order valence-electron chi connectivity index (χ3n) is 3.55. The fraction of sp³-hybridized carbons (Fsp3) is 0.176. The van der Waals surface area contributed by atoms with Crippen molar-refractivity contribution in [1.82, 2.24) is 0 Å². The molecule has 0 N–H and O–H groups in total. The summed E-state index contributed by atoms with van der Waals surface area (Å²) >= 11 is 0. The topological polar surface area (TPSA) is 43.4 Å². The van der Waals surface area contributed by atoms with Gasteiger partial charge in [0.2, 0.25) is 0 Å². The van der Waals surface area contributed by atoms with Gasteiger partial charge in [-0.05, 0) is 11.1 Å². The minimum Gasteiger partial charge on any atom is -0.455 e. The SMILES string of the molecule is O=C1O[C@H](Cc2ccccc2)[C@H](c2ccccc2)C1=O. The molecule has 1 aliphatic heterocycles. The van der Waals surface area contributed by atoms with Gasteiger partial charge in [0, 0.05) is 6.42 Å². The lowest BCUT2D eigenvalue weighted by Crippen LogP contribution is -2.21. The molecule has 2 aromatic rings. The van der Waals surface area contributed by atoms with Crippen LogP contribution in [0.5, 0.6) is 0 Å². The van der Waals surface area contributed by atoms with Crippen molar-refractivity contribution in [3.8, 4) is 0 Å². The van der Waals surface area contributed by atoms with E-state index in [4.69, 9.17) is 4.74 Å². The number of hydrogen-bond donors (Lipinski definition) is 0. The first-order valence-corrected chi connectivity index (χ1v) is 6.59. The molecule has 0 spiro atoms. The van der Waals surface area contributed by atoms with Crippen molar-refractivity contribution in [3.63, 3.8) is 0 Å². The predicted molar refractivity (Wildman–Crippen MR) is 74.2 cm³/mol. The van der Waals surface area contributed by atoms with E-state index in [-0.39, 0.29) is 0 Å². The molecule has 0 aromatic heterocycles. The van der Waals surface area contributed by atoms with E-state index >= 15 is 0 Å². The average Bonchev–Trinajstić information content (AvgIpc) is 2.76.